The first kappa shape index (κ1) is 15.5. The van der Waals surface area contributed by atoms with Crippen LogP contribution in [0.4, 0.5) is 5.69 Å². The first-order chi connectivity index (χ1) is 9.01. The number of likely N-dealkylation sites (N-methyl/N-ethyl adjacent to an activating group) is 1. The molecule has 3 nitrogen and oxygen atoms in total. The van der Waals surface area contributed by atoms with Gasteiger partial charge in [0.2, 0.25) is 5.91 Å². The molecule has 1 amide bonds. The minimum absolute atomic E-state index is 0.196. The van der Waals surface area contributed by atoms with Gasteiger partial charge in [-0.1, -0.05) is 18.2 Å². The predicted octanol–water partition coefficient (Wildman–Crippen LogP) is 3.08. The van der Waals surface area contributed by atoms with Crippen LogP contribution in [0.3, 0.4) is 0 Å². The van der Waals surface area contributed by atoms with E-state index in [0.717, 1.165) is 18.8 Å². The summed E-state index contributed by atoms with van der Waals surface area (Å²) in [6.45, 7) is 12.4. The predicted molar refractivity (Wildman–Crippen MR) is 81.6 cm³/mol. The van der Waals surface area contributed by atoms with E-state index in [-0.39, 0.29) is 5.91 Å². The van der Waals surface area contributed by atoms with Gasteiger partial charge < -0.3 is 9.80 Å². The third-order valence-corrected chi connectivity index (χ3v) is 3.47. The molecular formula is C16H26N2O. The summed E-state index contributed by atoms with van der Waals surface area (Å²) < 4.78 is 0. The van der Waals surface area contributed by atoms with Crippen molar-refractivity contribution in [3.8, 4) is 0 Å². The lowest BCUT2D eigenvalue weighted by Gasteiger charge is -2.32. The Morgan fingerprint density at radius 2 is 1.74 bits per heavy atom. The molecule has 0 N–H and O–H groups in total. The Balaban J connectivity index is 2.91. The summed E-state index contributed by atoms with van der Waals surface area (Å²) in [4.78, 5) is 16.3. The summed E-state index contributed by atoms with van der Waals surface area (Å²) in [5.74, 6) is 0.196. The first-order valence-electron chi connectivity index (χ1n) is 7.11. The van der Waals surface area contributed by atoms with Crippen molar-refractivity contribution in [3.63, 3.8) is 0 Å². The zero-order valence-corrected chi connectivity index (χ0v) is 12.8. The molecule has 0 atom stereocenters. The van der Waals surface area contributed by atoms with E-state index in [4.69, 9.17) is 0 Å². The van der Waals surface area contributed by atoms with Gasteiger partial charge >= 0.3 is 0 Å². The third kappa shape index (κ3) is 3.98. The standard InChI is InChI=1S/C16H26N2O/c1-6-17(7-2)16(19)12-18(13(3)4)15-11-9-8-10-14(15)5/h8-11,13H,6-7,12H2,1-5H3. The molecule has 0 bridgehead atoms. The molecule has 0 radical (unpaired) electrons. The van der Waals surface area contributed by atoms with E-state index in [1.54, 1.807) is 0 Å². The zero-order valence-electron chi connectivity index (χ0n) is 12.8. The molecule has 0 saturated heterocycles. The van der Waals surface area contributed by atoms with Crippen LogP contribution in [0.15, 0.2) is 24.3 Å². The fourth-order valence-corrected chi connectivity index (χ4v) is 2.25. The molecule has 0 spiro atoms. The average Bonchev–Trinajstić information content (AvgIpc) is 2.38. The number of benzene rings is 1. The zero-order chi connectivity index (χ0) is 14.4. The lowest BCUT2D eigenvalue weighted by molar-refractivity contribution is -0.129. The van der Waals surface area contributed by atoms with Crippen LogP contribution in [-0.2, 0) is 4.79 Å². The van der Waals surface area contributed by atoms with Crippen molar-refractivity contribution in [2.24, 2.45) is 0 Å². The molecule has 3 heteroatoms. The maximum atomic E-state index is 12.3. The molecule has 0 aliphatic heterocycles. The molecule has 0 saturated carbocycles. The lowest BCUT2D eigenvalue weighted by Crippen LogP contribution is -2.43. The minimum Gasteiger partial charge on any atom is -0.360 e. The van der Waals surface area contributed by atoms with Crippen molar-refractivity contribution in [2.75, 3.05) is 24.5 Å². The van der Waals surface area contributed by atoms with E-state index in [1.807, 2.05) is 30.9 Å². The molecule has 0 unspecified atom stereocenters. The van der Waals surface area contributed by atoms with E-state index in [1.165, 1.54) is 5.56 Å². The number of amides is 1. The van der Waals surface area contributed by atoms with Crippen molar-refractivity contribution >= 4 is 11.6 Å². The molecule has 0 aromatic heterocycles. The molecule has 1 aromatic rings. The van der Waals surface area contributed by atoms with Gasteiger partial charge in [0, 0.05) is 24.8 Å². The van der Waals surface area contributed by atoms with Crippen molar-refractivity contribution in [2.45, 2.75) is 40.7 Å². The van der Waals surface area contributed by atoms with Gasteiger partial charge in [-0.05, 0) is 46.2 Å². The molecule has 0 heterocycles. The number of anilines is 1. The van der Waals surface area contributed by atoms with Gasteiger partial charge in [-0.25, -0.2) is 0 Å². The van der Waals surface area contributed by atoms with Crippen LogP contribution in [0.2, 0.25) is 0 Å². The van der Waals surface area contributed by atoms with Crippen LogP contribution in [0.25, 0.3) is 0 Å². The fraction of sp³-hybridized carbons (Fsp3) is 0.562. The van der Waals surface area contributed by atoms with Crippen molar-refractivity contribution in [1.29, 1.82) is 0 Å². The minimum atomic E-state index is 0.196. The van der Waals surface area contributed by atoms with E-state index < -0.39 is 0 Å². The van der Waals surface area contributed by atoms with Crippen LogP contribution in [0.1, 0.15) is 33.3 Å². The Morgan fingerprint density at radius 3 is 2.21 bits per heavy atom. The third-order valence-electron chi connectivity index (χ3n) is 3.47. The number of hydrogen-bond acceptors (Lipinski definition) is 2. The summed E-state index contributed by atoms with van der Waals surface area (Å²) in [7, 11) is 0. The lowest BCUT2D eigenvalue weighted by atomic mass is 10.1. The molecule has 19 heavy (non-hydrogen) atoms. The normalized spacial score (nSPS) is 10.6. The van der Waals surface area contributed by atoms with Crippen molar-refractivity contribution in [1.82, 2.24) is 4.90 Å². The van der Waals surface area contributed by atoms with Crippen LogP contribution >= 0.6 is 0 Å². The number of carbonyl (C=O) groups excluding carboxylic acids is 1. The number of carbonyl (C=O) groups is 1. The van der Waals surface area contributed by atoms with Crippen LogP contribution in [0.5, 0.6) is 0 Å². The van der Waals surface area contributed by atoms with E-state index in [9.17, 15) is 4.79 Å². The SMILES string of the molecule is CCN(CC)C(=O)CN(c1ccccc1C)C(C)C. The Labute approximate surface area is 117 Å². The van der Waals surface area contributed by atoms with Gasteiger partial charge in [0.1, 0.15) is 0 Å². The second-order valence-electron chi connectivity index (χ2n) is 5.07. The molecule has 0 aliphatic carbocycles. The van der Waals surface area contributed by atoms with Gasteiger partial charge in [0.25, 0.3) is 0 Å². The van der Waals surface area contributed by atoms with Gasteiger partial charge in [-0.15, -0.1) is 0 Å². The highest BCUT2D eigenvalue weighted by atomic mass is 16.2. The summed E-state index contributed by atoms with van der Waals surface area (Å²) >= 11 is 0. The molecule has 106 valence electrons. The maximum absolute atomic E-state index is 12.3. The van der Waals surface area contributed by atoms with Crippen LogP contribution < -0.4 is 4.90 Å². The summed E-state index contributed by atoms with van der Waals surface area (Å²) in [5, 5.41) is 0. The average molecular weight is 262 g/mol. The van der Waals surface area contributed by atoms with Gasteiger partial charge in [-0.2, -0.15) is 0 Å². The second kappa shape index (κ2) is 7.17. The first-order valence-corrected chi connectivity index (χ1v) is 7.11. The largest absolute Gasteiger partial charge is 0.360 e. The maximum Gasteiger partial charge on any atom is 0.242 e. The Morgan fingerprint density at radius 1 is 1.16 bits per heavy atom. The van der Waals surface area contributed by atoms with Crippen molar-refractivity contribution in [3.05, 3.63) is 29.8 Å². The van der Waals surface area contributed by atoms with Crippen molar-refractivity contribution < 1.29 is 4.79 Å². The molecule has 0 fully saturated rings. The number of rotatable bonds is 6. The molecular weight excluding hydrogens is 236 g/mol. The number of nitrogens with zero attached hydrogens (tertiary/aromatic N) is 2. The quantitative estimate of drug-likeness (QED) is 0.786. The Hall–Kier alpha value is -1.51. The van der Waals surface area contributed by atoms with Crippen LogP contribution in [0, 0.1) is 6.92 Å². The monoisotopic (exact) mass is 262 g/mol. The summed E-state index contributed by atoms with van der Waals surface area (Å²) in [5.41, 5.74) is 2.36. The van der Waals surface area contributed by atoms with Crippen LogP contribution in [-0.4, -0.2) is 36.5 Å². The topological polar surface area (TPSA) is 23.6 Å². The van der Waals surface area contributed by atoms with Gasteiger partial charge in [0.15, 0.2) is 0 Å². The van der Waals surface area contributed by atoms with Gasteiger partial charge in [0.05, 0.1) is 6.54 Å². The Kier molecular flexibility index (Phi) is 5.87. The summed E-state index contributed by atoms with van der Waals surface area (Å²) in [6, 6.07) is 8.54. The van der Waals surface area contributed by atoms with E-state index in [0.29, 0.717) is 12.6 Å². The molecule has 1 rings (SSSR count). The van der Waals surface area contributed by atoms with E-state index in [2.05, 4.69) is 37.8 Å². The highest BCUT2D eigenvalue weighted by Crippen LogP contribution is 2.21. The highest BCUT2D eigenvalue weighted by Gasteiger charge is 2.18. The molecule has 1 aromatic carbocycles. The second-order valence-corrected chi connectivity index (χ2v) is 5.07. The smallest absolute Gasteiger partial charge is 0.242 e. The van der Waals surface area contributed by atoms with Gasteiger partial charge in [-0.3, -0.25) is 4.79 Å². The number of para-hydroxylation sites is 1. The summed E-state index contributed by atoms with van der Waals surface area (Å²) in [6.07, 6.45) is 0. The fourth-order valence-electron chi connectivity index (χ4n) is 2.25. The van der Waals surface area contributed by atoms with E-state index >= 15 is 0 Å². The highest BCUT2D eigenvalue weighted by molar-refractivity contribution is 5.82. The molecule has 0 aliphatic rings. The Bertz CT molecular complexity index is 411. The number of hydrogen-bond donors (Lipinski definition) is 0. The number of aryl methyl sites for hydroxylation is 1.